The summed E-state index contributed by atoms with van der Waals surface area (Å²) in [5.41, 5.74) is 0.239. The van der Waals surface area contributed by atoms with Gasteiger partial charge in [0.05, 0.1) is 0 Å². The van der Waals surface area contributed by atoms with Crippen LogP contribution in [-0.4, -0.2) is 63.8 Å². The molecule has 1 aromatic carbocycles. The Labute approximate surface area is 224 Å². The first-order valence-electron chi connectivity index (χ1n) is 13.8. The number of rotatable bonds is 16. The molecule has 0 bridgehead atoms. The third-order valence-corrected chi connectivity index (χ3v) is 24.0. The summed E-state index contributed by atoms with van der Waals surface area (Å²) in [7, 11) is 1.39. The number of ether oxygens (including phenoxy) is 2. The maximum absolute atomic E-state index is 13.5. The number of amides is 1. The third kappa shape index (κ3) is 10.2. The number of methoxy groups -OCH3 is 1. The van der Waals surface area contributed by atoms with Crippen molar-refractivity contribution in [1.29, 1.82) is 0 Å². The zero-order chi connectivity index (χ0) is 27.2. The molecule has 0 saturated heterocycles. The molecule has 7 heteroatoms. The molecule has 1 aromatic rings. The van der Waals surface area contributed by atoms with Crippen LogP contribution in [0.25, 0.3) is 0 Å². The van der Waals surface area contributed by atoms with Gasteiger partial charge in [-0.2, -0.15) is 0 Å². The van der Waals surface area contributed by atoms with Crippen LogP contribution in [0.5, 0.6) is 0 Å². The summed E-state index contributed by atoms with van der Waals surface area (Å²) >= 11 is -3.28. The van der Waals surface area contributed by atoms with E-state index in [0.29, 0.717) is 0 Å². The van der Waals surface area contributed by atoms with Crippen molar-refractivity contribution in [2.75, 3.05) is 13.7 Å². The van der Waals surface area contributed by atoms with Crippen molar-refractivity contribution in [2.45, 2.75) is 115 Å². The second-order valence-electron chi connectivity index (χ2n) is 11.0. The number of carbonyl (C=O) groups excluding carboxylic acids is 2. The second-order valence-corrected chi connectivity index (χ2v) is 24.9. The van der Waals surface area contributed by atoms with Crippen LogP contribution in [0.4, 0.5) is 4.79 Å². The Morgan fingerprint density at radius 3 is 1.83 bits per heavy atom. The van der Waals surface area contributed by atoms with Crippen molar-refractivity contribution in [3.8, 4) is 0 Å². The fourth-order valence-electron chi connectivity index (χ4n) is 5.22. The van der Waals surface area contributed by atoms with Gasteiger partial charge in [-0.15, -0.1) is 0 Å². The SMILES string of the molecule is CCC[CH2][Sn]([CH2]CCC)([CH2]CCC)[C@H](CC(=O)OC(C)(C)C)N(C(=O)OC)[C@@H](CO)c1ccccc1. The number of nitrogens with zero attached hydrogens (tertiary/aromatic N) is 1. The van der Waals surface area contributed by atoms with Crippen molar-refractivity contribution < 1.29 is 24.2 Å². The molecule has 0 aliphatic rings. The fraction of sp³-hybridized carbons (Fsp3) is 0.724. The molecule has 0 heterocycles. The monoisotopic (exact) mass is 613 g/mol. The van der Waals surface area contributed by atoms with Crippen LogP contribution in [0.2, 0.25) is 13.3 Å². The Balaban J connectivity index is 3.78. The van der Waals surface area contributed by atoms with Crippen LogP contribution in [0.3, 0.4) is 0 Å². The van der Waals surface area contributed by atoms with Crippen LogP contribution < -0.4 is 0 Å². The fourth-order valence-corrected chi connectivity index (χ4v) is 23.5. The van der Waals surface area contributed by atoms with E-state index in [4.69, 9.17) is 9.47 Å². The van der Waals surface area contributed by atoms with Gasteiger partial charge in [0, 0.05) is 0 Å². The van der Waals surface area contributed by atoms with E-state index in [1.54, 1.807) is 4.90 Å². The molecule has 1 amide bonds. The summed E-state index contributed by atoms with van der Waals surface area (Å²) in [6, 6.07) is 9.04. The number of esters is 1. The van der Waals surface area contributed by atoms with Crippen molar-refractivity contribution in [3.05, 3.63) is 35.9 Å². The molecule has 1 N–H and O–H groups in total. The zero-order valence-corrected chi connectivity index (χ0v) is 26.7. The number of benzene rings is 1. The van der Waals surface area contributed by atoms with Gasteiger partial charge in [-0.25, -0.2) is 0 Å². The van der Waals surface area contributed by atoms with Crippen molar-refractivity contribution in [3.63, 3.8) is 0 Å². The molecule has 1 rings (SSSR count). The molecule has 36 heavy (non-hydrogen) atoms. The first-order valence-corrected chi connectivity index (χ1v) is 21.5. The van der Waals surface area contributed by atoms with Crippen LogP contribution in [0.1, 0.15) is 98.1 Å². The second kappa shape index (κ2) is 16.5. The normalized spacial score (nSPS) is 13.7. The van der Waals surface area contributed by atoms with E-state index in [-0.39, 0.29) is 23.1 Å². The summed E-state index contributed by atoms with van der Waals surface area (Å²) < 4.78 is 14.2. The standard InChI is InChI=1S/C17H24NO5.3C4H9.Sn/c1-17(2,3)23-15(20)10-11-18(16(21)22-4)14(12-19)13-8-6-5-7-9-13;3*1-3-4-2;/h5-9,11,14,19H,10,12H2,1-4H3;3*1,3-4H2,2H3;/t14-;;;;/m0..../s1. The molecule has 0 aliphatic heterocycles. The van der Waals surface area contributed by atoms with Gasteiger partial charge in [0.15, 0.2) is 0 Å². The summed E-state index contributed by atoms with van der Waals surface area (Å²) in [5, 5.41) is 10.6. The molecular weight excluding hydrogens is 561 g/mol. The minimum atomic E-state index is -3.28. The zero-order valence-electron chi connectivity index (χ0n) is 23.8. The van der Waals surface area contributed by atoms with E-state index in [0.717, 1.165) is 57.4 Å². The molecule has 0 spiro atoms. The van der Waals surface area contributed by atoms with E-state index in [1.165, 1.54) is 7.11 Å². The molecule has 0 fully saturated rings. The van der Waals surface area contributed by atoms with Gasteiger partial charge in [0.25, 0.3) is 0 Å². The Kier molecular flexibility index (Phi) is 15.0. The molecule has 2 atom stereocenters. The third-order valence-electron chi connectivity index (χ3n) is 6.99. The first-order chi connectivity index (χ1) is 17.1. The number of carbonyl (C=O) groups is 2. The summed E-state index contributed by atoms with van der Waals surface area (Å²) in [6.45, 7) is 12.0. The number of aliphatic hydroxyl groups excluding tert-OH is 1. The Hall–Kier alpha value is -1.28. The topological polar surface area (TPSA) is 76.1 Å². The predicted molar refractivity (Wildman–Crippen MR) is 150 cm³/mol. The molecule has 0 radical (unpaired) electrons. The minimum absolute atomic E-state index is 0.156. The van der Waals surface area contributed by atoms with Crippen LogP contribution in [-0.2, 0) is 14.3 Å². The maximum atomic E-state index is 13.5. The Morgan fingerprint density at radius 2 is 1.44 bits per heavy atom. The molecular formula is C29H51NO5Sn. The van der Waals surface area contributed by atoms with Crippen LogP contribution in [0, 0.1) is 0 Å². The number of unbranched alkanes of at least 4 members (excludes halogenated alkanes) is 3. The Bertz CT molecular complexity index is 743. The quantitative estimate of drug-likeness (QED) is 0.157. The number of hydrogen-bond donors (Lipinski definition) is 1. The Morgan fingerprint density at radius 1 is 0.944 bits per heavy atom. The van der Waals surface area contributed by atoms with Gasteiger partial charge in [-0.05, 0) is 0 Å². The van der Waals surface area contributed by atoms with E-state index in [9.17, 15) is 14.7 Å². The van der Waals surface area contributed by atoms with Crippen LogP contribution >= 0.6 is 0 Å². The molecule has 0 aromatic heterocycles. The van der Waals surface area contributed by atoms with E-state index >= 15 is 0 Å². The molecule has 0 unspecified atom stereocenters. The van der Waals surface area contributed by atoms with Crippen molar-refractivity contribution in [2.24, 2.45) is 0 Å². The van der Waals surface area contributed by atoms with Gasteiger partial charge in [0.2, 0.25) is 0 Å². The van der Waals surface area contributed by atoms with Gasteiger partial charge in [-0.1, -0.05) is 0 Å². The summed E-state index contributed by atoms with van der Waals surface area (Å²) in [6.07, 6.45) is 6.21. The van der Waals surface area contributed by atoms with Gasteiger partial charge >= 0.3 is 225 Å². The first kappa shape index (κ1) is 32.7. The molecule has 0 aliphatic carbocycles. The summed E-state index contributed by atoms with van der Waals surface area (Å²) in [5.74, 6) is -0.281. The van der Waals surface area contributed by atoms with Crippen molar-refractivity contribution >= 4 is 30.4 Å². The average Bonchev–Trinajstić information content (AvgIpc) is 2.85. The number of aliphatic hydroxyl groups is 1. The summed E-state index contributed by atoms with van der Waals surface area (Å²) in [4.78, 5) is 28.7. The predicted octanol–water partition coefficient (Wildman–Crippen LogP) is 7.28. The van der Waals surface area contributed by atoms with Gasteiger partial charge in [0.1, 0.15) is 0 Å². The average molecular weight is 612 g/mol. The molecule has 206 valence electrons. The van der Waals surface area contributed by atoms with E-state index in [1.807, 2.05) is 51.1 Å². The molecule has 0 saturated carbocycles. The van der Waals surface area contributed by atoms with Crippen molar-refractivity contribution in [1.82, 2.24) is 4.90 Å². The van der Waals surface area contributed by atoms with Gasteiger partial charge in [-0.3, -0.25) is 0 Å². The van der Waals surface area contributed by atoms with Gasteiger partial charge < -0.3 is 0 Å². The number of hydrogen-bond acceptors (Lipinski definition) is 5. The van der Waals surface area contributed by atoms with Crippen LogP contribution in [0.15, 0.2) is 30.3 Å². The van der Waals surface area contributed by atoms with E-state index in [2.05, 4.69) is 20.8 Å². The molecule has 6 nitrogen and oxygen atoms in total. The van der Waals surface area contributed by atoms with E-state index < -0.39 is 36.1 Å².